The molecule has 0 saturated heterocycles. The summed E-state index contributed by atoms with van der Waals surface area (Å²) < 4.78 is 6.71. The van der Waals surface area contributed by atoms with E-state index < -0.39 is 6.10 Å². The second-order valence-electron chi connectivity index (χ2n) is 3.47. The Kier molecular flexibility index (Phi) is 5.22. The number of aliphatic hydroxyl groups excluding tert-OH is 1. The van der Waals surface area contributed by atoms with Gasteiger partial charge in [-0.2, -0.15) is 0 Å². The van der Waals surface area contributed by atoms with Crippen LogP contribution in [0.2, 0.25) is 0 Å². The molecule has 86 valence electrons. The Hall–Kier alpha value is 0.0600. The second kappa shape index (κ2) is 5.96. The van der Waals surface area contributed by atoms with Crippen molar-refractivity contribution in [3.05, 3.63) is 20.8 Å². The van der Waals surface area contributed by atoms with Crippen LogP contribution in [0.15, 0.2) is 15.9 Å². The number of hydrogen-bond acceptors (Lipinski definition) is 4. The summed E-state index contributed by atoms with van der Waals surface area (Å²) >= 11 is 4.99. The highest BCUT2D eigenvalue weighted by atomic mass is 79.9. The smallest absolute Gasteiger partial charge is 0.104 e. The molecule has 3 atom stereocenters. The molecule has 3 N–H and O–H groups in total. The van der Waals surface area contributed by atoms with Crippen LogP contribution in [0.1, 0.15) is 24.8 Å². The van der Waals surface area contributed by atoms with Gasteiger partial charge in [-0.3, -0.25) is 0 Å². The van der Waals surface area contributed by atoms with Crippen LogP contribution in [0.5, 0.6) is 0 Å². The van der Waals surface area contributed by atoms with Crippen molar-refractivity contribution in [3.8, 4) is 0 Å². The quantitative estimate of drug-likeness (QED) is 0.876. The van der Waals surface area contributed by atoms with Gasteiger partial charge in [-0.25, -0.2) is 0 Å². The van der Waals surface area contributed by atoms with Crippen LogP contribution < -0.4 is 5.73 Å². The van der Waals surface area contributed by atoms with Gasteiger partial charge < -0.3 is 15.6 Å². The maximum Gasteiger partial charge on any atom is 0.104 e. The molecule has 0 fully saturated rings. The van der Waals surface area contributed by atoms with Crippen molar-refractivity contribution in [1.29, 1.82) is 0 Å². The number of aliphatic hydroxyl groups is 1. The monoisotopic (exact) mass is 293 g/mol. The summed E-state index contributed by atoms with van der Waals surface area (Å²) in [6.45, 7) is 3.97. The molecule has 1 aromatic heterocycles. The minimum atomic E-state index is -0.484. The van der Waals surface area contributed by atoms with E-state index in [1.54, 1.807) is 18.3 Å². The fraction of sp³-hybridized carbons (Fsp3) is 0.600. The van der Waals surface area contributed by atoms with Gasteiger partial charge in [0, 0.05) is 21.3 Å². The van der Waals surface area contributed by atoms with Crippen LogP contribution in [0.3, 0.4) is 0 Å². The van der Waals surface area contributed by atoms with E-state index in [9.17, 15) is 5.11 Å². The Balaban J connectivity index is 2.64. The van der Waals surface area contributed by atoms with Gasteiger partial charge in [-0.15, -0.1) is 11.3 Å². The highest BCUT2D eigenvalue weighted by molar-refractivity contribution is 9.10. The molecule has 0 amide bonds. The van der Waals surface area contributed by atoms with Crippen LogP contribution in [-0.2, 0) is 4.74 Å². The molecule has 3 unspecified atom stereocenters. The molecule has 3 nitrogen and oxygen atoms in total. The van der Waals surface area contributed by atoms with Gasteiger partial charge in [0.2, 0.25) is 0 Å². The van der Waals surface area contributed by atoms with E-state index in [4.69, 9.17) is 10.5 Å². The zero-order valence-electron chi connectivity index (χ0n) is 8.81. The SMILES string of the molecule is CC(O)C(C)OC(CN)c1cc(Br)cs1. The largest absolute Gasteiger partial charge is 0.391 e. The van der Waals surface area contributed by atoms with E-state index in [1.165, 1.54) is 0 Å². The topological polar surface area (TPSA) is 55.5 Å². The minimum absolute atomic E-state index is 0.133. The normalized spacial score (nSPS) is 17.4. The number of rotatable bonds is 5. The van der Waals surface area contributed by atoms with Crippen LogP contribution >= 0.6 is 27.3 Å². The second-order valence-corrected chi connectivity index (χ2v) is 5.33. The van der Waals surface area contributed by atoms with E-state index in [1.807, 2.05) is 18.4 Å². The standard InChI is InChI=1S/C10H16BrNO2S/c1-6(13)7(2)14-9(4-12)10-3-8(11)5-15-10/h3,5-7,9,13H,4,12H2,1-2H3. The summed E-state index contributed by atoms with van der Waals surface area (Å²) in [6.07, 6.45) is -0.826. The molecule has 0 aliphatic carbocycles. The van der Waals surface area contributed by atoms with Crippen molar-refractivity contribution >= 4 is 27.3 Å². The van der Waals surface area contributed by atoms with Crippen molar-refractivity contribution in [2.45, 2.75) is 32.2 Å². The third-order valence-electron chi connectivity index (χ3n) is 2.18. The van der Waals surface area contributed by atoms with Crippen LogP contribution in [0, 0.1) is 0 Å². The van der Waals surface area contributed by atoms with Gasteiger partial charge in [-0.05, 0) is 35.8 Å². The van der Waals surface area contributed by atoms with E-state index >= 15 is 0 Å². The van der Waals surface area contributed by atoms with E-state index in [2.05, 4.69) is 15.9 Å². The number of nitrogens with two attached hydrogens (primary N) is 1. The highest BCUT2D eigenvalue weighted by Crippen LogP contribution is 2.28. The Morgan fingerprint density at radius 2 is 2.27 bits per heavy atom. The number of ether oxygens (including phenoxy) is 1. The lowest BCUT2D eigenvalue weighted by Crippen LogP contribution is -2.27. The van der Waals surface area contributed by atoms with E-state index in [0.29, 0.717) is 6.54 Å². The lowest BCUT2D eigenvalue weighted by molar-refractivity contribution is -0.0579. The summed E-state index contributed by atoms with van der Waals surface area (Å²) in [6, 6.07) is 2.00. The molecule has 0 aliphatic rings. The summed E-state index contributed by atoms with van der Waals surface area (Å²) in [5.41, 5.74) is 5.65. The van der Waals surface area contributed by atoms with Gasteiger partial charge in [0.05, 0.1) is 12.2 Å². The zero-order valence-corrected chi connectivity index (χ0v) is 11.2. The molecule has 15 heavy (non-hydrogen) atoms. The Labute approximate surface area is 102 Å². The molecule has 0 bridgehead atoms. The predicted octanol–water partition coefficient (Wildman–Crippen LogP) is 2.30. The molecular formula is C10H16BrNO2S. The van der Waals surface area contributed by atoms with E-state index in [0.717, 1.165) is 9.35 Å². The summed E-state index contributed by atoms with van der Waals surface area (Å²) in [7, 11) is 0. The number of hydrogen-bond donors (Lipinski definition) is 2. The highest BCUT2D eigenvalue weighted by Gasteiger charge is 2.18. The van der Waals surface area contributed by atoms with Crippen LogP contribution in [0.4, 0.5) is 0 Å². The van der Waals surface area contributed by atoms with Crippen molar-refractivity contribution in [3.63, 3.8) is 0 Å². The van der Waals surface area contributed by atoms with Crippen molar-refractivity contribution in [1.82, 2.24) is 0 Å². The van der Waals surface area contributed by atoms with Crippen LogP contribution in [0.25, 0.3) is 0 Å². The Morgan fingerprint density at radius 3 is 2.67 bits per heavy atom. The maximum absolute atomic E-state index is 9.35. The molecule has 1 rings (SSSR count). The van der Waals surface area contributed by atoms with Gasteiger partial charge in [0.25, 0.3) is 0 Å². The molecule has 0 spiro atoms. The first kappa shape index (κ1) is 13.1. The Morgan fingerprint density at radius 1 is 1.60 bits per heavy atom. The molecule has 0 saturated carbocycles. The molecule has 0 radical (unpaired) electrons. The molecule has 1 heterocycles. The lowest BCUT2D eigenvalue weighted by Gasteiger charge is -2.22. The third kappa shape index (κ3) is 3.85. The summed E-state index contributed by atoms with van der Waals surface area (Å²) in [4.78, 5) is 1.08. The predicted molar refractivity (Wildman–Crippen MR) is 66.0 cm³/mol. The Bertz CT molecular complexity index is 303. The lowest BCUT2D eigenvalue weighted by atomic mass is 10.2. The average Bonchev–Trinajstić information content (AvgIpc) is 2.60. The average molecular weight is 294 g/mol. The van der Waals surface area contributed by atoms with Crippen molar-refractivity contribution < 1.29 is 9.84 Å². The van der Waals surface area contributed by atoms with Crippen molar-refractivity contribution in [2.24, 2.45) is 5.73 Å². The van der Waals surface area contributed by atoms with Gasteiger partial charge in [0.1, 0.15) is 6.10 Å². The number of halogens is 1. The zero-order chi connectivity index (χ0) is 11.4. The van der Waals surface area contributed by atoms with E-state index in [-0.39, 0.29) is 12.2 Å². The molecule has 1 aromatic rings. The fourth-order valence-corrected chi connectivity index (χ4v) is 2.60. The first-order chi connectivity index (χ1) is 7.04. The number of thiophene rings is 1. The van der Waals surface area contributed by atoms with Crippen LogP contribution in [-0.4, -0.2) is 23.9 Å². The van der Waals surface area contributed by atoms with Crippen molar-refractivity contribution in [2.75, 3.05) is 6.54 Å². The molecule has 5 heteroatoms. The maximum atomic E-state index is 9.35. The summed E-state index contributed by atoms with van der Waals surface area (Å²) in [5, 5.41) is 11.3. The first-order valence-electron chi connectivity index (χ1n) is 4.82. The third-order valence-corrected chi connectivity index (χ3v) is 3.96. The first-order valence-corrected chi connectivity index (χ1v) is 6.49. The van der Waals surface area contributed by atoms with Gasteiger partial charge in [0.15, 0.2) is 0 Å². The fourth-order valence-electron chi connectivity index (χ4n) is 1.11. The molecule has 0 aliphatic heterocycles. The molecule has 0 aromatic carbocycles. The minimum Gasteiger partial charge on any atom is -0.391 e. The molecular weight excluding hydrogens is 278 g/mol. The summed E-state index contributed by atoms with van der Waals surface area (Å²) in [5.74, 6) is 0. The van der Waals surface area contributed by atoms with Gasteiger partial charge >= 0.3 is 0 Å². The van der Waals surface area contributed by atoms with Gasteiger partial charge in [-0.1, -0.05) is 0 Å².